The first-order valence-corrected chi connectivity index (χ1v) is 12.2. The van der Waals surface area contributed by atoms with Crippen LogP contribution in [-0.4, -0.2) is 37.5 Å². The van der Waals surface area contributed by atoms with Crippen LogP contribution in [0.25, 0.3) is 11.6 Å². The van der Waals surface area contributed by atoms with Crippen LogP contribution in [0.15, 0.2) is 57.1 Å². The zero-order valence-electron chi connectivity index (χ0n) is 19.0. The Hall–Kier alpha value is -3.59. The van der Waals surface area contributed by atoms with Gasteiger partial charge < -0.3 is 14.3 Å². The number of rotatable bonds is 6. The molecule has 34 heavy (non-hydrogen) atoms. The van der Waals surface area contributed by atoms with E-state index in [1.165, 1.54) is 11.6 Å². The van der Waals surface area contributed by atoms with Crippen molar-refractivity contribution < 1.29 is 9.21 Å². The van der Waals surface area contributed by atoms with E-state index in [0.717, 1.165) is 30.0 Å². The minimum absolute atomic E-state index is 0.00676. The number of nitrogens with zero attached hydrogens (tertiary/aromatic N) is 4. The highest BCUT2D eigenvalue weighted by atomic mass is 32.1. The first-order valence-electron chi connectivity index (χ1n) is 11.3. The molecule has 1 amide bonds. The van der Waals surface area contributed by atoms with Gasteiger partial charge in [0.2, 0.25) is 11.4 Å². The van der Waals surface area contributed by atoms with Gasteiger partial charge in [-0.3, -0.25) is 9.59 Å². The molecular formula is C25H25N5O3S. The topological polar surface area (TPSA) is 105 Å². The maximum atomic E-state index is 13.4. The monoisotopic (exact) mass is 475 g/mol. The van der Waals surface area contributed by atoms with E-state index in [1.807, 2.05) is 37.4 Å². The summed E-state index contributed by atoms with van der Waals surface area (Å²) in [5, 5.41) is 11.2. The van der Waals surface area contributed by atoms with E-state index in [0.29, 0.717) is 23.7 Å². The van der Waals surface area contributed by atoms with Crippen molar-refractivity contribution in [1.29, 1.82) is 0 Å². The fraction of sp³-hybridized carbons (Fsp3) is 0.320. The molecule has 2 unspecified atom stereocenters. The van der Waals surface area contributed by atoms with Crippen molar-refractivity contribution in [3.8, 4) is 11.6 Å². The molecule has 1 saturated heterocycles. The number of carbonyl (C=O) groups is 1. The number of H-pyrrole nitrogens is 1. The zero-order chi connectivity index (χ0) is 23.7. The van der Waals surface area contributed by atoms with Gasteiger partial charge in [-0.15, -0.1) is 21.5 Å². The summed E-state index contributed by atoms with van der Waals surface area (Å²) in [5.74, 6) is 0.484. The van der Waals surface area contributed by atoms with E-state index in [1.54, 1.807) is 22.3 Å². The first-order chi connectivity index (χ1) is 16.5. The lowest BCUT2D eigenvalue weighted by molar-refractivity contribution is 0.0735. The summed E-state index contributed by atoms with van der Waals surface area (Å²) in [4.78, 5) is 34.9. The average molecular weight is 476 g/mol. The molecular weight excluding hydrogens is 450 g/mol. The highest BCUT2D eigenvalue weighted by Gasteiger charge is 2.33. The van der Waals surface area contributed by atoms with Crippen LogP contribution < -0.4 is 5.56 Å². The Morgan fingerprint density at radius 1 is 1.26 bits per heavy atom. The lowest BCUT2D eigenvalue weighted by Gasteiger charge is -2.23. The number of nitrogens with one attached hydrogen (secondary N) is 1. The summed E-state index contributed by atoms with van der Waals surface area (Å²) in [6, 6.07) is 13.0. The standard InChI is InChI=1S/C25H25N5O3S/c1-15(11-17-7-4-3-5-8-17)22-28-29-23(33-22)19-12-18(13-21(31)27-19)25(32)30-10-6-9-20(30)24-26-16(2)14-34-24/h3-5,7-8,12-15,20H,6,9-11H2,1-2H3,(H,27,31). The van der Waals surface area contributed by atoms with Gasteiger partial charge in [-0.2, -0.15) is 0 Å². The van der Waals surface area contributed by atoms with Gasteiger partial charge in [0, 0.05) is 35.2 Å². The molecule has 5 rings (SSSR count). The average Bonchev–Trinajstić information content (AvgIpc) is 3.59. The fourth-order valence-electron chi connectivity index (χ4n) is 4.34. The van der Waals surface area contributed by atoms with Crippen LogP contribution in [0.4, 0.5) is 0 Å². The van der Waals surface area contributed by atoms with Crippen molar-refractivity contribution in [3.63, 3.8) is 0 Å². The van der Waals surface area contributed by atoms with E-state index in [-0.39, 0.29) is 23.8 Å². The molecule has 0 spiro atoms. The summed E-state index contributed by atoms with van der Waals surface area (Å²) >= 11 is 1.57. The second-order valence-electron chi connectivity index (χ2n) is 8.67. The number of hydrogen-bond acceptors (Lipinski definition) is 7. The van der Waals surface area contributed by atoms with Gasteiger partial charge in [-0.25, -0.2) is 4.98 Å². The molecule has 4 aromatic rings. The number of hydrogen-bond donors (Lipinski definition) is 1. The number of carbonyl (C=O) groups excluding carboxylic acids is 1. The Kier molecular flexibility index (Phi) is 6.10. The number of likely N-dealkylation sites (tertiary alicyclic amines) is 1. The number of aromatic amines is 1. The molecule has 3 aromatic heterocycles. The predicted octanol–water partition coefficient (Wildman–Crippen LogP) is 4.51. The second-order valence-corrected chi connectivity index (χ2v) is 9.56. The van der Waals surface area contributed by atoms with Crippen molar-refractivity contribution in [2.45, 2.75) is 45.1 Å². The Morgan fingerprint density at radius 2 is 2.09 bits per heavy atom. The number of thiazole rings is 1. The van der Waals surface area contributed by atoms with Crippen molar-refractivity contribution in [2.75, 3.05) is 6.54 Å². The number of aromatic nitrogens is 4. The summed E-state index contributed by atoms with van der Waals surface area (Å²) in [6.45, 7) is 4.59. The van der Waals surface area contributed by atoms with E-state index in [4.69, 9.17) is 4.42 Å². The quantitative estimate of drug-likeness (QED) is 0.440. The first kappa shape index (κ1) is 22.2. The van der Waals surface area contributed by atoms with Crippen molar-refractivity contribution in [1.82, 2.24) is 25.1 Å². The SMILES string of the molecule is Cc1csc(C2CCCN2C(=O)c2cc(-c3nnc(C(C)Cc4ccccc4)o3)[nH]c(=O)c2)n1. The molecule has 2 atom stereocenters. The predicted molar refractivity (Wildman–Crippen MR) is 129 cm³/mol. The van der Waals surface area contributed by atoms with Crippen molar-refractivity contribution >= 4 is 17.2 Å². The van der Waals surface area contributed by atoms with Crippen LogP contribution in [-0.2, 0) is 6.42 Å². The highest BCUT2D eigenvalue weighted by molar-refractivity contribution is 7.09. The largest absolute Gasteiger partial charge is 0.419 e. The molecule has 0 radical (unpaired) electrons. The third-order valence-corrected chi connectivity index (χ3v) is 7.07. The summed E-state index contributed by atoms with van der Waals surface area (Å²) < 4.78 is 5.89. The van der Waals surface area contributed by atoms with E-state index in [9.17, 15) is 9.59 Å². The Morgan fingerprint density at radius 3 is 2.85 bits per heavy atom. The highest BCUT2D eigenvalue weighted by Crippen LogP contribution is 2.35. The van der Waals surface area contributed by atoms with Crippen LogP contribution in [0.3, 0.4) is 0 Å². The third kappa shape index (κ3) is 4.56. The van der Waals surface area contributed by atoms with Crippen LogP contribution in [0.1, 0.15) is 64.2 Å². The fourth-order valence-corrected chi connectivity index (χ4v) is 5.28. The maximum absolute atomic E-state index is 13.4. The van der Waals surface area contributed by atoms with Crippen LogP contribution >= 0.6 is 11.3 Å². The molecule has 0 bridgehead atoms. The Bertz CT molecular complexity index is 1360. The minimum Gasteiger partial charge on any atom is -0.419 e. The van der Waals surface area contributed by atoms with E-state index in [2.05, 4.69) is 32.3 Å². The van der Waals surface area contributed by atoms with Crippen molar-refractivity contribution in [2.24, 2.45) is 0 Å². The Balaban J connectivity index is 1.38. The number of benzene rings is 1. The van der Waals surface area contributed by atoms with Gasteiger partial charge in [0.05, 0.1) is 6.04 Å². The van der Waals surface area contributed by atoms with Crippen LogP contribution in [0.2, 0.25) is 0 Å². The lowest BCUT2D eigenvalue weighted by Crippen LogP contribution is -2.31. The molecule has 1 fully saturated rings. The van der Waals surface area contributed by atoms with Gasteiger partial charge >= 0.3 is 0 Å². The number of amides is 1. The number of aryl methyl sites for hydroxylation is 1. The van der Waals surface area contributed by atoms with Gasteiger partial charge in [0.15, 0.2) is 0 Å². The van der Waals surface area contributed by atoms with Gasteiger partial charge in [0.1, 0.15) is 10.7 Å². The van der Waals surface area contributed by atoms with Crippen molar-refractivity contribution in [3.05, 3.63) is 85.9 Å². The van der Waals surface area contributed by atoms with Crippen LogP contribution in [0.5, 0.6) is 0 Å². The second kappa shape index (κ2) is 9.34. The molecule has 4 heterocycles. The molecule has 1 N–H and O–H groups in total. The number of pyridine rings is 1. The van der Waals surface area contributed by atoms with Gasteiger partial charge in [-0.1, -0.05) is 37.3 Å². The minimum atomic E-state index is -0.390. The molecule has 1 aliphatic rings. The molecule has 1 aliphatic heterocycles. The summed E-state index contributed by atoms with van der Waals surface area (Å²) in [6.07, 6.45) is 2.52. The smallest absolute Gasteiger partial charge is 0.264 e. The molecule has 174 valence electrons. The lowest BCUT2D eigenvalue weighted by atomic mass is 10.0. The summed E-state index contributed by atoms with van der Waals surface area (Å²) in [7, 11) is 0. The zero-order valence-corrected chi connectivity index (χ0v) is 19.8. The van der Waals surface area contributed by atoms with Crippen LogP contribution in [0, 0.1) is 6.92 Å². The summed E-state index contributed by atoms with van der Waals surface area (Å²) in [5.41, 5.74) is 2.37. The van der Waals surface area contributed by atoms with E-state index >= 15 is 0 Å². The molecule has 8 nitrogen and oxygen atoms in total. The normalized spacial score (nSPS) is 16.6. The molecule has 0 saturated carbocycles. The molecule has 0 aliphatic carbocycles. The van der Waals surface area contributed by atoms with Gasteiger partial charge in [0.25, 0.3) is 11.8 Å². The Labute approximate surface area is 200 Å². The molecule has 9 heteroatoms. The maximum Gasteiger partial charge on any atom is 0.264 e. The van der Waals surface area contributed by atoms with Gasteiger partial charge in [-0.05, 0) is 37.8 Å². The molecule has 1 aromatic carbocycles. The van der Waals surface area contributed by atoms with E-state index < -0.39 is 5.56 Å². The third-order valence-electron chi connectivity index (χ3n) is 6.00.